The van der Waals surface area contributed by atoms with Gasteiger partial charge in [0, 0.05) is 0 Å². The molecule has 1 aliphatic carbocycles. The molecule has 0 atom stereocenters. The summed E-state index contributed by atoms with van der Waals surface area (Å²) in [6.45, 7) is 4.40. The van der Waals surface area contributed by atoms with Gasteiger partial charge in [-0.2, -0.15) is 0 Å². The Labute approximate surface area is 58.0 Å². The van der Waals surface area contributed by atoms with Crippen LogP contribution in [0.5, 0.6) is 0 Å². The zero-order valence-corrected chi connectivity index (χ0v) is 6.48. The predicted molar refractivity (Wildman–Crippen MR) is 41.4 cm³/mol. The van der Waals surface area contributed by atoms with Gasteiger partial charge in [0.1, 0.15) is 0 Å². The summed E-state index contributed by atoms with van der Waals surface area (Å²) < 4.78 is 0. The highest BCUT2D eigenvalue weighted by atomic mass is 14.4. The minimum absolute atomic E-state index is 0.756. The first kappa shape index (κ1) is 6.85. The van der Waals surface area contributed by atoms with E-state index in [4.69, 9.17) is 0 Å². The van der Waals surface area contributed by atoms with Crippen LogP contribution in [-0.4, -0.2) is 0 Å². The van der Waals surface area contributed by atoms with Gasteiger partial charge < -0.3 is 0 Å². The highest BCUT2D eigenvalue weighted by Gasteiger charge is 2.38. The Balaban J connectivity index is 2.25. The van der Waals surface area contributed by atoms with E-state index in [9.17, 15) is 0 Å². The molecule has 1 aliphatic rings. The van der Waals surface area contributed by atoms with Crippen LogP contribution in [0.3, 0.4) is 0 Å². The zero-order valence-electron chi connectivity index (χ0n) is 6.48. The second-order valence-electron chi connectivity index (χ2n) is 3.13. The van der Waals surface area contributed by atoms with Gasteiger partial charge in [0.05, 0.1) is 0 Å². The average molecular weight is 124 g/mol. The lowest BCUT2D eigenvalue weighted by atomic mass is 9.99. The third kappa shape index (κ3) is 1.57. The molecule has 0 heterocycles. The van der Waals surface area contributed by atoms with Gasteiger partial charge in [-0.1, -0.05) is 25.5 Å². The molecular weight excluding hydrogens is 108 g/mol. The topological polar surface area (TPSA) is 0 Å². The van der Waals surface area contributed by atoms with E-state index in [0.29, 0.717) is 0 Å². The first-order valence-electron chi connectivity index (χ1n) is 3.94. The molecule has 1 saturated carbocycles. The Morgan fingerprint density at radius 2 is 2.11 bits per heavy atom. The van der Waals surface area contributed by atoms with Crippen molar-refractivity contribution in [3.05, 3.63) is 12.2 Å². The number of allylic oxidation sites excluding steroid dienone is 2. The monoisotopic (exact) mass is 124 g/mol. The van der Waals surface area contributed by atoms with Gasteiger partial charge >= 0.3 is 0 Å². The molecule has 0 unspecified atom stereocenters. The summed E-state index contributed by atoms with van der Waals surface area (Å²) in [5.41, 5.74) is 0.756. The third-order valence-electron chi connectivity index (χ3n) is 2.49. The largest absolute Gasteiger partial charge is 0.0916 e. The van der Waals surface area contributed by atoms with Crippen LogP contribution in [0.15, 0.2) is 12.2 Å². The predicted octanol–water partition coefficient (Wildman–Crippen LogP) is 3.14. The van der Waals surface area contributed by atoms with Gasteiger partial charge in [-0.3, -0.25) is 0 Å². The van der Waals surface area contributed by atoms with Crippen molar-refractivity contribution < 1.29 is 0 Å². The van der Waals surface area contributed by atoms with E-state index in [1.54, 1.807) is 0 Å². The molecule has 0 radical (unpaired) electrons. The fourth-order valence-electron chi connectivity index (χ4n) is 1.25. The minimum Gasteiger partial charge on any atom is -0.0916 e. The number of hydrogen-bond donors (Lipinski definition) is 0. The van der Waals surface area contributed by atoms with Crippen LogP contribution in [0.1, 0.15) is 39.5 Å². The van der Waals surface area contributed by atoms with Crippen molar-refractivity contribution in [2.45, 2.75) is 39.5 Å². The van der Waals surface area contributed by atoms with Crippen molar-refractivity contribution in [3.8, 4) is 0 Å². The van der Waals surface area contributed by atoms with Crippen LogP contribution in [0, 0.1) is 5.41 Å². The standard InChI is InChI=1S/C9H16/c1-3-5-6-9(4-2)7-8-9/h3,5H,4,6-8H2,1-2H3. The summed E-state index contributed by atoms with van der Waals surface area (Å²) in [5, 5.41) is 0. The first-order valence-corrected chi connectivity index (χ1v) is 3.94. The molecule has 0 aliphatic heterocycles. The molecule has 0 amide bonds. The summed E-state index contributed by atoms with van der Waals surface area (Å²) in [6, 6.07) is 0. The highest BCUT2D eigenvalue weighted by Crippen LogP contribution is 2.51. The molecule has 0 aromatic heterocycles. The molecule has 0 aromatic carbocycles. The van der Waals surface area contributed by atoms with E-state index in [1.165, 1.54) is 25.7 Å². The zero-order chi connectivity index (χ0) is 6.74. The van der Waals surface area contributed by atoms with Crippen LogP contribution >= 0.6 is 0 Å². The minimum atomic E-state index is 0.756. The maximum absolute atomic E-state index is 2.30. The maximum atomic E-state index is 2.30. The van der Waals surface area contributed by atoms with Gasteiger partial charge in [0.15, 0.2) is 0 Å². The molecular formula is C9H16. The lowest BCUT2D eigenvalue weighted by Gasteiger charge is -2.06. The number of rotatable bonds is 3. The Kier molecular flexibility index (Phi) is 1.94. The molecule has 0 spiro atoms. The molecule has 0 N–H and O–H groups in total. The molecule has 1 fully saturated rings. The SMILES string of the molecule is CC=CCC1(CC)CC1. The molecule has 9 heavy (non-hydrogen) atoms. The van der Waals surface area contributed by atoms with E-state index in [-0.39, 0.29) is 0 Å². The molecule has 52 valence electrons. The van der Waals surface area contributed by atoms with Crippen LogP contribution in [0.25, 0.3) is 0 Å². The summed E-state index contributed by atoms with van der Waals surface area (Å²) in [4.78, 5) is 0. The Morgan fingerprint density at radius 3 is 2.44 bits per heavy atom. The van der Waals surface area contributed by atoms with E-state index in [1.807, 2.05) is 0 Å². The molecule has 0 saturated heterocycles. The van der Waals surface area contributed by atoms with Crippen LogP contribution in [-0.2, 0) is 0 Å². The molecule has 0 bridgehead atoms. The van der Waals surface area contributed by atoms with Gasteiger partial charge in [-0.05, 0) is 31.6 Å². The Bertz CT molecular complexity index is 107. The fourth-order valence-corrected chi connectivity index (χ4v) is 1.25. The molecule has 0 aromatic rings. The quantitative estimate of drug-likeness (QED) is 0.507. The molecule has 0 nitrogen and oxygen atoms in total. The summed E-state index contributed by atoms with van der Waals surface area (Å²) in [6.07, 6.45) is 10.1. The first-order chi connectivity index (χ1) is 4.33. The van der Waals surface area contributed by atoms with Crippen LogP contribution in [0.4, 0.5) is 0 Å². The van der Waals surface area contributed by atoms with E-state index < -0.39 is 0 Å². The van der Waals surface area contributed by atoms with Gasteiger partial charge in [-0.25, -0.2) is 0 Å². The summed E-state index contributed by atoms with van der Waals surface area (Å²) >= 11 is 0. The smallest absolute Gasteiger partial charge is 0.0265 e. The van der Waals surface area contributed by atoms with E-state index >= 15 is 0 Å². The second-order valence-corrected chi connectivity index (χ2v) is 3.13. The normalized spacial score (nSPS) is 22.9. The summed E-state index contributed by atoms with van der Waals surface area (Å²) in [7, 11) is 0. The van der Waals surface area contributed by atoms with Gasteiger partial charge in [-0.15, -0.1) is 0 Å². The van der Waals surface area contributed by atoms with Crippen LogP contribution in [0.2, 0.25) is 0 Å². The number of hydrogen-bond acceptors (Lipinski definition) is 0. The second kappa shape index (κ2) is 2.55. The summed E-state index contributed by atoms with van der Waals surface area (Å²) in [5.74, 6) is 0. The third-order valence-corrected chi connectivity index (χ3v) is 2.49. The fraction of sp³-hybridized carbons (Fsp3) is 0.778. The van der Waals surface area contributed by atoms with Gasteiger partial charge in [0.2, 0.25) is 0 Å². The maximum Gasteiger partial charge on any atom is -0.0265 e. The van der Waals surface area contributed by atoms with Crippen molar-refractivity contribution in [3.63, 3.8) is 0 Å². The van der Waals surface area contributed by atoms with E-state index in [0.717, 1.165) is 5.41 Å². The highest BCUT2D eigenvalue weighted by molar-refractivity contribution is 4.97. The lowest BCUT2D eigenvalue weighted by molar-refractivity contribution is 0.499. The lowest BCUT2D eigenvalue weighted by Crippen LogP contribution is -1.93. The Morgan fingerprint density at radius 1 is 1.44 bits per heavy atom. The van der Waals surface area contributed by atoms with Gasteiger partial charge in [0.25, 0.3) is 0 Å². The Hall–Kier alpha value is -0.260. The van der Waals surface area contributed by atoms with Crippen molar-refractivity contribution in [2.75, 3.05) is 0 Å². The van der Waals surface area contributed by atoms with Crippen molar-refractivity contribution >= 4 is 0 Å². The van der Waals surface area contributed by atoms with Crippen molar-refractivity contribution in [1.82, 2.24) is 0 Å². The van der Waals surface area contributed by atoms with Crippen molar-refractivity contribution in [2.24, 2.45) is 5.41 Å². The average Bonchev–Trinajstić information content (AvgIpc) is 2.65. The molecule has 0 heteroatoms. The van der Waals surface area contributed by atoms with E-state index in [2.05, 4.69) is 26.0 Å². The molecule has 1 rings (SSSR count). The van der Waals surface area contributed by atoms with Crippen LogP contribution < -0.4 is 0 Å². The van der Waals surface area contributed by atoms with Crippen molar-refractivity contribution in [1.29, 1.82) is 0 Å².